The third-order valence-electron chi connectivity index (χ3n) is 5.43. The first-order valence-electron chi connectivity index (χ1n) is 9.51. The van der Waals surface area contributed by atoms with E-state index in [4.69, 9.17) is 10.5 Å². The highest BCUT2D eigenvalue weighted by Crippen LogP contribution is 2.36. The lowest BCUT2D eigenvalue weighted by Gasteiger charge is -2.31. The standard InChI is InChI=1S/C23H20N2O5/c24-23(22(26)27)11-10-15-8-9-19(13-17(15)14-23)30-21-7-2-1-6-20(21)16-4-3-5-18(12-16)25(28)29/h1-9,12-13H,10-11,14,24H2,(H,26,27). The zero-order chi connectivity index (χ0) is 21.3. The molecule has 3 aromatic carbocycles. The minimum atomic E-state index is -1.27. The van der Waals surface area contributed by atoms with Crippen molar-refractivity contribution in [3.8, 4) is 22.6 Å². The zero-order valence-corrected chi connectivity index (χ0v) is 16.1. The molecule has 30 heavy (non-hydrogen) atoms. The number of hydrogen-bond donors (Lipinski definition) is 2. The number of para-hydroxylation sites is 1. The largest absolute Gasteiger partial charge is 0.480 e. The maximum Gasteiger partial charge on any atom is 0.324 e. The minimum Gasteiger partial charge on any atom is -0.480 e. The van der Waals surface area contributed by atoms with Crippen molar-refractivity contribution < 1.29 is 19.6 Å². The first kappa shape index (κ1) is 19.6. The van der Waals surface area contributed by atoms with Crippen LogP contribution in [0.1, 0.15) is 17.5 Å². The molecule has 7 nitrogen and oxygen atoms in total. The van der Waals surface area contributed by atoms with Crippen LogP contribution in [0.3, 0.4) is 0 Å². The van der Waals surface area contributed by atoms with Gasteiger partial charge in [0.15, 0.2) is 0 Å². The van der Waals surface area contributed by atoms with Gasteiger partial charge < -0.3 is 15.6 Å². The van der Waals surface area contributed by atoms with Crippen molar-refractivity contribution in [3.05, 3.63) is 88.0 Å². The Morgan fingerprint density at radius 2 is 1.87 bits per heavy atom. The fourth-order valence-corrected chi connectivity index (χ4v) is 3.75. The molecular formula is C23H20N2O5. The van der Waals surface area contributed by atoms with Gasteiger partial charge in [0.05, 0.1) is 4.92 Å². The van der Waals surface area contributed by atoms with Crippen LogP contribution in [0, 0.1) is 10.1 Å². The average Bonchev–Trinajstić information content (AvgIpc) is 2.74. The third-order valence-corrected chi connectivity index (χ3v) is 5.43. The Morgan fingerprint density at radius 3 is 2.63 bits per heavy atom. The van der Waals surface area contributed by atoms with Crippen LogP contribution >= 0.6 is 0 Å². The van der Waals surface area contributed by atoms with Crippen LogP contribution < -0.4 is 10.5 Å². The normalized spacial score (nSPS) is 17.8. The molecule has 0 aliphatic heterocycles. The summed E-state index contributed by atoms with van der Waals surface area (Å²) in [6.45, 7) is 0. The van der Waals surface area contributed by atoms with Crippen LogP contribution in [0.4, 0.5) is 5.69 Å². The van der Waals surface area contributed by atoms with Gasteiger partial charge in [-0.05, 0) is 47.7 Å². The highest BCUT2D eigenvalue weighted by atomic mass is 16.6. The van der Waals surface area contributed by atoms with Crippen molar-refractivity contribution in [1.82, 2.24) is 0 Å². The second kappa shape index (κ2) is 7.61. The predicted molar refractivity (Wildman–Crippen MR) is 112 cm³/mol. The van der Waals surface area contributed by atoms with Crippen LogP contribution in [-0.4, -0.2) is 21.5 Å². The van der Waals surface area contributed by atoms with Crippen molar-refractivity contribution in [2.45, 2.75) is 24.8 Å². The molecule has 0 spiro atoms. The summed E-state index contributed by atoms with van der Waals surface area (Å²) >= 11 is 0. The van der Waals surface area contributed by atoms with Gasteiger partial charge in [-0.2, -0.15) is 0 Å². The van der Waals surface area contributed by atoms with Gasteiger partial charge in [-0.15, -0.1) is 0 Å². The van der Waals surface area contributed by atoms with Crippen molar-refractivity contribution in [2.75, 3.05) is 0 Å². The molecular weight excluding hydrogens is 384 g/mol. The molecule has 1 unspecified atom stereocenters. The van der Waals surface area contributed by atoms with Crippen LogP contribution in [0.25, 0.3) is 11.1 Å². The Hall–Kier alpha value is -3.71. The number of rotatable bonds is 5. The highest BCUT2D eigenvalue weighted by Gasteiger charge is 2.37. The van der Waals surface area contributed by atoms with E-state index in [-0.39, 0.29) is 12.1 Å². The molecule has 152 valence electrons. The maximum absolute atomic E-state index is 11.5. The summed E-state index contributed by atoms with van der Waals surface area (Å²) in [5.74, 6) is 0.0998. The van der Waals surface area contributed by atoms with E-state index in [9.17, 15) is 20.0 Å². The molecule has 1 atom stereocenters. The molecule has 0 fully saturated rings. The number of nitro groups is 1. The number of carboxylic acid groups (broad SMARTS) is 1. The molecule has 0 saturated carbocycles. The highest BCUT2D eigenvalue weighted by molar-refractivity contribution is 5.79. The topological polar surface area (TPSA) is 116 Å². The van der Waals surface area contributed by atoms with Crippen molar-refractivity contribution in [1.29, 1.82) is 0 Å². The average molecular weight is 404 g/mol. The summed E-state index contributed by atoms with van der Waals surface area (Å²) in [4.78, 5) is 22.2. The quantitative estimate of drug-likeness (QED) is 0.483. The first-order chi connectivity index (χ1) is 14.4. The van der Waals surface area contributed by atoms with Gasteiger partial charge in [-0.1, -0.05) is 36.4 Å². The van der Waals surface area contributed by atoms with E-state index in [1.807, 2.05) is 36.4 Å². The maximum atomic E-state index is 11.5. The van der Waals surface area contributed by atoms with Crippen molar-refractivity contribution >= 4 is 11.7 Å². The lowest BCUT2D eigenvalue weighted by atomic mass is 9.78. The number of aliphatic carboxylic acids is 1. The number of carbonyl (C=O) groups is 1. The van der Waals surface area contributed by atoms with E-state index in [0.717, 1.165) is 16.7 Å². The van der Waals surface area contributed by atoms with Gasteiger partial charge in [0.25, 0.3) is 5.69 Å². The molecule has 1 aliphatic rings. The lowest BCUT2D eigenvalue weighted by molar-refractivity contribution is -0.384. The van der Waals surface area contributed by atoms with Gasteiger partial charge in [0.1, 0.15) is 17.0 Å². The Morgan fingerprint density at radius 1 is 1.07 bits per heavy atom. The SMILES string of the molecule is NC1(C(=O)O)CCc2ccc(Oc3ccccc3-c3cccc([N+](=O)[O-])c3)cc2C1. The number of carboxylic acids is 1. The number of aryl methyl sites for hydroxylation is 1. The number of hydrogen-bond acceptors (Lipinski definition) is 5. The van der Waals surface area contributed by atoms with Gasteiger partial charge >= 0.3 is 5.97 Å². The Labute approximate surface area is 172 Å². The summed E-state index contributed by atoms with van der Waals surface area (Å²) in [6.07, 6.45) is 1.23. The summed E-state index contributed by atoms with van der Waals surface area (Å²) < 4.78 is 6.10. The molecule has 0 amide bonds. The molecule has 0 aromatic heterocycles. The monoisotopic (exact) mass is 404 g/mol. The van der Waals surface area contributed by atoms with Gasteiger partial charge in [-0.3, -0.25) is 14.9 Å². The van der Waals surface area contributed by atoms with Crippen LogP contribution in [0.15, 0.2) is 66.7 Å². The van der Waals surface area contributed by atoms with Crippen LogP contribution in [0.2, 0.25) is 0 Å². The minimum absolute atomic E-state index is 0.00374. The summed E-state index contributed by atoms with van der Waals surface area (Å²) in [7, 11) is 0. The number of benzene rings is 3. The summed E-state index contributed by atoms with van der Waals surface area (Å²) in [6, 6.07) is 19.3. The predicted octanol–water partition coefficient (Wildman–Crippen LogP) is 4.32. The molecule has 7 heteroatoms. The molecule has 0 saturated heterocycles. The lowest BCUT2D eigenvalue weighted by Crippen LogP contribution is -2.52. The first-order valence-corrected chi connectivity index (χ1v) is 9.51. The number of fused-ring (bicyclic) bond motifs is 1. The second-order valence-corrected chi connectivity index (χ2v) is 7.47. The molecule has 0 heterocycles. The number of nitro benzene ring substituents is 1. The van der Waals surface area contributed by atoms with Gasteiger partial charge in [0.2, 0.25) is 0 Å². The molecule has 4 rings (SSSR count). The number of ether oxygens (including phenoxy) is 1. The fourth-order valence-electron chi connectivity index (χ4n) is 3.75. The number of nitrogens with zero attached hydrogens (tertiary/aromatic N) is 1. The van der Waals surface area contributed by atoms with Gasteiger partial charge in [0, 0.05) is 24.1 Å². The van der Waals surface area contributed by atoms with E-state index in [1.165, 1.54) is 12.1 Å². The second-order valence-electron chi connectivity index (χ2n) is 7.47. The zero-order valence-electron chi connectivity index (χ0n) is 16.1. The van der Waals surface area contributed by atoms with E-state index >= 15 is 0 Å². The molecule has 3 N–H and O–H groups in total. The van der Waals surface area contributed by atoms with Crippen LogP contribution in [-0.2, 0) is 17.6 Å². The Balaban J connectivity index is 1.66. The molecule has 0 bridgehead atoms. The van der Waals surface area contributed by atoms with E-state index < -0.39 is 16.4 Å². The van der Waals surface area contributed by atoms with Crippen LogP contribution in [0.5, 0.6) is 11.5 Å². The smallest absolute Gasteiger partial charge is 0.324 e. The molecule has 1 aliphatic carbocycles. The number of nitrogens with two attached hydrogens (primary N) is 1. The Bertz CT molecular complexity index is 1140. The van der Waals surface area contributed by atoms with E-state index in [2.05, 4.69) is 0 Å². The summed E-state index contributed by atoms with van der Waals surface area (Å²) in [5.41, 5.74) is 8.11. The number of non-ortho nitro benzene ring substituents is 1. The van der Waals surface area contributed by atoms with Crippen molar-refractivity contribution in [3.63, 3.8) is 0 Å². The molecule has 0 radical (unpaired) electrons. The van der Waals surface area contributed by atoms with Crippen molar-refractivity contribution in [2.24, 2.45) is 5.73 Å². The Kier molecular flexibility index (Phi) is 4.97. The third kappa shape index (κ3) is 3.75. The van der Waals surface area contributed by atoms with E-state index in [0.29, 0.717) is 29.9 Å². The molecule has 3 aromatic rings. The fraction of sp³-hybridized carbons (Fsp3) is 0.174. The van der Waals surface area contributed by atoms with E-state index in [1.54, 1.807) is 18.2 Å². The van der Waals surface area contributed by atoms with Gasteiger partial charge in [-0.25, -0.2) is 0 Å². The summed E-state index contributed by atoms with van der Waals surface area (Å²) in [5, 5.41) is 20.6.